The average molecular weight is 218 g/mol. The van der Waals surface area contributed by atoms with Gasteiger partial charge in [-0.25, -0.2) is 13.6 Å². The molecule has 0 radical (unpaired) electrons. The number of hydrogen-bond donors (Lipinski definition) is 3. The van der Waals surface area contributed by atoms with E-state index in [4.69, 9.17) is 10.8 Å². The summed E-state index contributed by atoms with van der Waals surface area (Å²) in [4.78, 5) is 23.7. The van der Waals surface area contributed by atoms with Gasteiger partial charge in [0.15, 0.2) is 0 Å². The van der Waals surface area contributed by atoms with Crippen molar-refractivity contribution in [3.8, 4) is 0 Å². The maximum absolute atomic E-state index is 12.4. The van der Waals surface area contributed by atoms with Crippen LogP contribution < -0.4 is 11.3 Å². The molecule has 0 aliphatic rings. The number of hydrogen-bond acceptors (Lipinski definition) is 3. The highest BCUT2D eigenvalue weighted by Gasteiger charge is 2.21. The monoisotopic (exact) mass is 218 g/mol. The third kappa shape index (κ3) is 2.01. The Morgan fingerprint density at radius 3 is 2.60 bits per heavy atom. The van der Waals surface area contributed by atoms with Gasteiger partial charge in [-0.15, -0.1) is 0 Å². The van der Waals surface area contributed by atoms with Crippen LogP contribution in [0.25, 0.3) is 0 Å². The zero-order valence-electron chi connectivity index (χ0n) is 7.46. The van der Waals surface area contributed by atoms with Crippen molar-refractivity contribution in [1.29, 1.82) is 0 Å². The maximum atomic E-state index is 12.4. The van der Waals surface area contributed by atoms with E-state index in [1.165, 1.54) is 0 Å². The lowest BCUT2D eigenvalue weighted by Crippen LogP contribution is -2.23. The van der Waals surface area contributed by atoms with Crippen LogP contribution in [0.4, 0.5) is 8.78 Å². The van der Waals surface area contributed by atoms with E-state index in [1.807, 2.05) is 4.98 Å². The van der Waals surface area contributed by atoms with Gasteiger partial charge in [0.2, 0.25) is 0 Å². The van der Waals surface area contributed by atoms with Crippen molar-refractivity contribution in [3.05, 3.63) is 33.2 Å². The van der Waals surface area contributed by atoms with Gasteiger partial charge >= 0.3 is 5.97 Å². The van der Waals surface area contributed by atoms with Gasteiger partial charge in [0.25, 0.3) is 12.0 Å². The second-order valence-electron chi connectivity index (χ2n) is 2.74. The number of nitrogens with one attached hydrogen (secondary N) is 1. The molecule has 0 spiro atoms. The fourth-order valence-electron chi connectivity index (χ4n) is 1.22. The maximum Gasteiger partial charge on any atom is 0.341 e. The number of aromatic amines is 1. The lowest BCUT2D eigenvalue weighted by atomic mass is 10.0. The van der Waals surface area contributed by atoms with Crippen molar-refractivity contribution in [2.75, 3.05) is 0 Å². The number of rotatable bonds is 3. The van der Waals surface area contributed by atoms with E-state index >= 15 is 0 Å². The predicted molar refractivity (Wildman–Crippen MR) is 46.9 cm³/mol. The molecule has 0 aliphatic heterocycles. The summed E-state index contributed by atoms with van der Waals surface area (Å²) in [5.74, 6) is -1.57. The summed E-state index contributed by atoms with van der Waals surface area (Å²) in [7, 11) is 0. The van der Waals surface area contributed by atoms with Crippen LogP contribution in [-0.2, 0) is 6.54 Å². The molecule has 0 aliphatic carbocycles. The highest BCUT2D eigenvalue weighted by atomic mass is 19.3. The van der Waals surface area contributed by atoms with Crippen molar-refractivity contribution >= 4 is 5.97 Å². The number of carbonyl (C=O) groups is 1. The van der Waals surface area contributed by atoms with E-state index in [0.29, 0.717) is 0 Å². The molecule has 1 rings (SSSR count). The molecule has 0 bridgehead atoms. The molecule has 4 N–H and O–H groups in total. The summed E-state index contributed by atoms with van der Waals surface area (Å²) in [6.45, 7) is -0.425. The second kappa shape index (κ2) is 4.18. The standard InChI is InChI=1S/C8H8F2N2O3/c9-6(10)4-2-12-7(13)5(8(14)15)3(4)1-11/h2,6H,1,11H2,(H,12,13)(H,14,15). The van der Waals surface area contributed by atoms with Crippen LogP contribution in [0.1, 0.15) is 27.9 Å². The number of carboxylic acid groups (broad SMARTS) is 1. The molecule has 82 valence electrons. The molecule has 1 aromatic heterocycles. The Kier molecular flexibility index (Phi) is 3.15. The number of nitrogens with two attached hydrogens (primary N) is 1. The Balaban J connectivity index is 3.54. The first-order chi connectivity index (χ1) is 6.99. The highest BCUT2D eigenvalue weighted by molar-refractivity contribution is 5.89. The van der Waals surface area contributed by atoms with Crippen LogP contribution in [0, 0.1) is 0 Å². The Morgan fingerprint density at radius 1 is 1.60 bits per heavy atom. The van der Waals surface area contributed by atoms with E-state index in [9.17, 15) is 18.4 Å². The Hall–Kier alpha value is -1.76. The Bertz CT molecular complexity index is 442. The first-order valence-corrected chi connectivity index (χ1v) is 3.95. The van der Waals surface area contributed by atoms with Gasteiger partial charge in [-0.3, -0.25) is 4.79 Å². The summed E-state index contributed by atoms with van der Waals surface area (Å²) in [6, 6.07) is 0. The molecule has 0 amide bonds. The SMILES string of the molecule is NCc1c(C(F)F)c[nH]c(=O)c1C(=O)O. The molecule has 1 heterocycles. The summed E-state index contributed by atoms with van der Waals surface area (Å²) in [5, 5.41) is 8.66. The van der Waals surface area contributed by atoms with Gasteiger partial charge in [0, 0.05) is 18.3 Å². The molecule has 15 heavy (non-hydrogen) atoms. The molecule has 7 heteroatoms. The van der Waals surface area contributed by atoms with Crippen molar-refractivity contribution in [3.63, 3.8) is 0 Å². The number of aromatic nitrogens is 1. The van der Waals surface area contributed by atoms with Gasteiger partial charge in [-0.2, -0.15) is 0 Å². The van der Waals surface area contributed by atoms with Gasteiger partial charge in [-0.05, 0) is 5.56 Å². The van der Waals surface area contributed by atoms with Gasteiger partial charge in [0.05, 0.1) is 0 Å². The second-order valence-corrected chi connectivity index (χ2v) is 2.74. The van der Waals surface area contributed by atoms with E-state index in [2.05, 4.69) is 0 Å². The minimum absolute atomic E-state index is 0.332. The molecule has 0 atom stereocenters. The lowest BCUT2D eigenvalue weighted by Gasteiger charge is -2.08. The topological polar surface area (TPSA) is 96.2 Å². The van der Waals surface area contributed by atoms with Crippen LogP contribution in [-0.4, -0.2) is 16.1 Å². The smallest absolute Gasteiger partial charge is 0.341 e. The number of H-pyrrole nitrogens is 1. The molecular formula is C8H8F2N2O3. The Labute approximate surface area is 82.5 Å². The van der Waals surface area contributed by atoms with Crippen LogP contribution in [0.2, 0.25) is 0 Å². The van der Waals surface area contributed by atoms with E-state index in [0.717, 1.165) is 6.20 Å². The predicted octanol–water partition coefficient (Wildman–Crippen LogP) is 0.469. The molecule has 0 unspecified atom stereocenters. The number of alkyl halides is 2. The van der Waals surface area contributed by atoms with Gasteiger partial charge < -0.3 is 15.8 Å². The molecular weight excluding hydrogens is 210 g/mol. The molecule has 0 saturated carbocycles. The average Bonchev–Trinajstić information content (AvgIpc) is 2.15. The largest absolute Gasteiger partial charge is 0.477 e. The zero-order chi connectivity index (χ0) is 11.6. The summed E-state index contributed by atoms with van der Waals surface area (Å²) in [5.41, 5.74) is 2.59. The Morgan fingerprint density at radius 2 is 2.20 bits per heavy atom. The molecule has 0 fully saturated rings. The summed E-state index contributed by atoms with van der Waals surface area (Å²) >= 11 is 0. The lowest BCUT2D eigenvalue weighted by molar-refractivity contribution is 0.0693. The fraction of sp³-hybridized carbons (Fsp3) is 0.250. The minimum atomic E-state index is -2.88. The zero-order valence-corrected chi connectivity index (χ0v) is 7.46. The molecule has 5 nitrogen and oxygen atoms in total. The first kappa shape index (κ1) is 11.3. The van der Waals surface area contributed by atoms with Crippen LogP contribution in [0.5, 0.6) is 0 Å². The number of carboxylic acids is 1. The molecule has 1 aromatic rings. The van der Waals surface area contributed by atoms with Crippen LogP contribution in [0.15, 0.2) is 11.0 Å². The van der Waals surface area contributed by atoms with Crippen molar-refractivity contribution < 1.29 is 18.7 Å². The molecule has 0 aromatic carbocycles. The van der Waals surface area contributed by atoms with Crippen molar-refractivity contribution in [1.82, 2.24) is 4.98 Å². The van der Waals surface area contributed by atoms with Crippen molar-refractivity contribution in [2.24, 2.45) is 5.73 Å². The van der Waals surface area contributed by atoms with Crippen LogP contribution in [0.3, 0.4) is 0 Å². The molecule has 0 saturated heterocycles. The number of pyridine rings is 1. The van der Waals surface area contributed by atoms with E-state index < -0.39 is 35.6 Å². The summed E-state index contributed by atoms with van der Waals surface area (Å²) < 4.78 is 24.8. The number of aromatic carboxylic acids is 1. The summed E-state index contributed by atoms with van der Waals surface area (Å²) in [6.07, 6.45) is -2.10. The van der Waals surface area contributed by atoms with Gasteiger partial charge in [0.1, 0.15) is 5.56 Å². The minimum Gasteiger partial charge on any atom is -0.477 e. The van der Waals surface area contributed by atoms with Crippen LogP contribution >= 0.6 is 0 Å². The fourth-order valence-corrected chi connectivity index (χ4v) is 1.22. The third-order valence-corrected chi connectivity index (χ3v) is 1.89. The third-order valence-electron chi connectivity index (χ3n) is 1.89. The number of halogens is 2. The quantitative estimate of drug-likeness (QED) is 0.687. The normalized spacial score (nSPS) is 10.7. The van der Waals surface area contributed by atoms with E-state index in [1.54, 1.807) is 0 Å². The van der Waals surface area contributed by atoms with E-state index in [-0.39, 0.29) is 5.56 Å². The first-order valence-electron chi connectivity index (χ1n) is 3.95. The van der Waals surface area contributed by atoms with Gasteiger partial charge in [-0.1, -0.05) is 0 Å². The van der Waals surface area contributed by atoms with Crippen molar-refractivity contribution in [2.45, 2.75) is 13.0 Å². The highest BCUT2D eigenvalue weighted by Crippen LogP contribution is 2.22.